The summed E-state index contributed by atoms with van der Waals surface area (Å²) in [7, 11) is 0. The van der Waals surface area contributed by atoms with Crippen molar-refractivity contribution < 1.29 is 45.7 Å². The van der Waals surface area contributed by atoms with Crippen LogP contribution in [0.1, 0.15) is 18.2 Å². The maximum Gasteiger partial charge on any atom is 1.00 e. The van der Waals surface area contributed by atoms with Crippen LogP contribution < -0.4 is 35.3 Å². The molecule has 0 fully saturated rings. The number of nitrogens with two attached hydrogens (primary N) is 1. The van der Waals surface area contributed by atoms with Crippen LogP contribution in [0.2, 0.25) is 0 Å². The summed E-state index contributed by atoms with van der Waals surface area (Å²) in [5, 5.41) is 8.35. The van der Waals surface area contributed by atoms with Crippen LogP contribution in [0.15, 0.2) is 18.3 Å². The van der Waals surface area contributed by atoms with Crippen molar-refractivity contribution in [3.63, 3.8) is 0 Å². The molecule has 0 saturated heterocycles. The average Bonchev–Trinajstić information content (AvgIpc) is 2.03. The van der Waals surface area contributed by atoms with Crippen molar-refractivity contribution in [3.05, 3.63) is 23.9 Å². The van der Waals surface area contributed by atoms with E-state index in [1.807, 2.05) is 0 Å². The molecule has 0 aromatic carbocycles. The fraction of sp³-hybridized carbons (Fsp3) is 0.125. The second-order valence-electron chi connectivity index (χ2n) is 2.43. The van der Waals surface area contributed by atoms with Crippen molar-refractivity contribution in [1.82, 2.24) is 4.98 Å². The van der Waals surface area contributed by atoms with Gasteiger partial charge in [0.15, 0.2) is 5.78 Å². The number of Topliss-reactive ketones (excluding diaryl/α,β-unsaturated/α-hetero) is 1. The summed E-state index contributed by atoms with van der Waals surface area (Å²) in [5.41, 5.74) is 5.53. The maximum absolute atomic E-state index is 11.2. The molecule has 3 N–H and O–H groups in total. The number of carbonyl (C=O) groups excluding carboxylic acids is 1. The molecule has 1 aromatic rings. The van der Waals surface area contributed by atoms with Gasteiger partial charge in [0.05, 0.1) is 5.56 Å². The predicted octanol–water partition coefficient (Wildman–Crippen LogP) is -2.56. The van der Waals surface area contributed by atoms with Gasteiger partial charge in [-0.05, 0) is 12.1 Å². The zero-order chi connectivity index (χ0) is 9.84. The number of nitrogen functional groups attached to an aromatic ring is 1. The number of pyridine rings is 1. The standard InChI is InChI=1S/C8H8N2O3.Na.H/c9-8-5(2-1-3-10-8)6(11)4-7(12)13;;/h1-3H,4H2,(H2,9,10)(H,12,13);;/q;+1;-1. The maximum atomic E-state index is 11.2. The normalized spacial score (nSPS) is 8.86. The first-order valence-corrected chi connectivity index (χ1v) is 3.56. The first kappa shape index (κ1) is 13.1. The SMILES string of the molecule is Nc1ncccc1C(=O)CC(=O)O.[H-].[Na+]. The van der Waals surface area contributed by atoms with Crippen molar-refractivity contribution in [2.45, 2.75) is 6.42 Å². The Morgan fingerprint density at radius 1 is 1.57 bits per heavy atom. The van der Waals surface area contributed by atoms with Gasteiger partial charge in [-0.25, -0.2) is 4.98 Å². The van der Waals surface area contributed by atoms with E-state index in [2.05, 4.69) is 4.98 Å². The molecule has 0 atom stereocenters. The molecule has 1 heterocycles. The zero-order valence-electron chi connectivity index (χ0n) is 8.73. The minimum atomic E-state index is -1.17. The van der Waals surface area contributed by atoms with Gasteiger partial charge >= 0.3 is 35.5 Å². The number of carboxylic acid groups (broad SMARTS) is 1. The van der Waals surface area contributed by atoms with Crippen LogP contribution in [-0.4, -0.2) is 21.8 Å². The first-order chi connectivity index (χ1) is 6.11. The molecule has 70 valence electrons. The van der Waals surface area contributed by atoms with Crippen LogP contribution in [0.3, 0.4) is 0 Å². The monoisotopic (exact) mass is 204 g/mol. The van der Waals surface area contributed by atoms with E-state index >= 15 is 0 Å². The molecule has 1 aromatic heterocycles. The average molecular weight is 204 g/mol. The minimum Gasteiger partial charge on any atom is -1.00 e. The van der Waals surface area contributed by atoms with E-state index in [1.165, 1.54) is 18.3 Å². The molecule has 0 aliphatic rings. The minimum absolute atomic E-state index is 0. The Morgan fingerprint density at radius 3 is 2.71 bits per heavy atom. The summed E-state index contributed by atoms with van der Waals surface area (Å²) in [5.74, 6) is -1.64. The van der Waals surface area contributed by atoms with E-state index in [4.69, 9.17) is 10.8 Å². The number of rotatable bonds is 3. The number of carbonyl (C=O) groups is 2. The fourth-order valence-electron chi connectivity index (χ4n) is 0.886. The van der Waals surface area contributed by atoms with Crippen LogP contribution in [-0.2, 0) is 4.79 Å². The number of aliphatic carboxylic acids is 1. The molecule has 0 unspecified atom stereocenters. The summed E-state index contributed by atoms with van der Waals surface area (Å²) in [4.78, 5) is 25.1. The van der Waals surface area contributed by atoms with Crippen LogP contribution >= 0.6 is 0 Å². The zero-order valence-corrected chi connectivity index (χ0v) is 9.73. The van der Waals surface area contributed by atoms with E-state index in [0.29, 0.717) is 0 Å². The Labute approximate surface area is 104 Å². The summed E-state index contributed by atoms with van der Waals surface area (Å²) >= 11 is 0. The molecule has 0 amide bonds. The first-order valence-electron chi connectivity index (χ1n) is 3.56. The Hall–Kier alpha value is -0.910. The number of anilines is 1. The molecule has 0 radical (unpaired) electrons. The van der Waals surface area contributed by atoms with E-state index in [1.54, 1.807) is 0 Å². The van der Waals surface area contributed by atoms with Gasteiger partial charge < -0.3 is 12.3 Å². The third-order valence-corrected chi connectivity index (χ3v) is 1.45. The van der Waals surface area contributed by atoms with Crippen LogP contribution in [0.25, 0.3) is 0 Å². The van der Waals surface area contributed by atoms with Gasteiger partial charge in [0.2, 0.25) is 0 Å². The third kappa shape index (κ3) is 3.45. The Balaban J connectivity index is 0. The summed E-state index contributed by atoms with van der Waals surface area (Å²) in [6.45, 7) is 0. The number of carboxylic acids is 1. The predicted molar refractivity (Wildman–Crippen MR) is 46.3 cm³/mol. The van der Waals surface area contributed by atoms with Crippen molar-refractivity contribution in [2.75, 3.05) is 5.73 Å². The van der Waals surface area contributed by atoms with Crippen molar-refractivity contribution in [1.29, 1.82) is 0 Å². The molecule has 0 aliphatic heterocycles. The largest absolute Gasteiger partial charge is 1.00 e. The fourth-order valence-corrected chi connectivity index (χ4v) is 0.886. The number of hydrogen-bond acceptors (Lipinski definition) is 4. The third-order valence-electron chi connectivity index (χ3n) is 1.45. The quantitative estimate of drug-likeness (QED) is 0.321. The molecule has 0 bridgehead atoms. The van der Waals surface area contributed by atoms with Crippen molar-refractivity contribution >= 4 is 17.6 Å². The van der Waals surface area contributed by atoms with E-state index in [-0.39, 0.29) is 42.4 Å². The molecule has 6 heteroatoms. The summed E-state index contributed by atoms with van der Waals surface area (Å²) in [6, 6.07) is 2.99. The Bertz CT molecular complexity index is 359. The number of nitrogens with zero attached hydrogens (tertiary/aromatic N) is 1. The van der Waals surface area contributed by atoms with Gasteiger partial charge in [0.25, 0.3) is 0 Å². The number of hydrogen-bond donors (Lipinski definition) is 2. The second-order valence-corrected chi connectivity index (χ2v) is 2.43. The van der Waals surface area contributed by atoms with Gasteiger partial charge in [0.1, 0.15) is 12.2 Å². The summed E-state index contributed by atoms with van der Waals surface area (Å²) < 4.78 is 0. The van der Waals surface area contributed by atoms with Gasteiger partial charge in [0, 0.05) is 6.20 Å². The number of ketones is 1. The van der Waals surface area contributed by atoms with Crippen LogP contribution in [0.5, 0.6) is 0 Å². The van der Waals surface area contributed by atoms with Crippen LogP contribution in [0.4, 0.5) is 5.82 Å². The van der Waals surface area contributed by atoms with Gasteiger partial charge in [-0.15, -0.1) is 0 Å². The Kier molecular flexibility index (Phi) is 5.37. The van der Waals surface area contributed by atoms with E-state index in [0.717, 1.165) is 0 Å². The van der Waals surface area contributed by atoms with Crippen molar-refractivity contribution in [2.24, 2.45) is 0 Å². The molecule has 5 nitrogen and oxygen atoms in total. The molecule has 1 rings (SSSR count). The topological polar surface area (TPSA) is 93.3 Å². The van der Waals surface area contributed by atoms with E-state index in [9.17, 15) is 9.59 Å². The van der Waals surface area contributed by atoms with E-state index < -0.39 is 18.2 Å². The number of aromatic nitrogens is 1. The second kappa shape index (κ2) is 5.74. The molecular weight excluding hydrogens is 195 g/mol. The molecule has 0 saturated carbocycles. The smallest absolute Gasteiger partial charge is 1.00 e. The van der Waals surface area contributed by atoms with Gasteiger partial charge in [-0.3, -0.25) is 9.59 Å². The van der Waals surface area contributed by atoms with Crippen LogP contribution in [0, 0.1) is 0 Å². The van der Waals surface area contributed by atoms with Gasteiger partial charge in [-0.2, -0.15) is 0 Å². The molecule has 14 heavy (non-hydrogen) atoms. The molecule has 0 aliphatic carbocycles. The van der Waals surface area contributed by atoms with Crippen molar-refractivity contribution in [3.8, 4) is 0 Å². The summed E-state index contributed by atoms with van der Waals surface area (Å²) in [6.07, 6.45) is 0.878. The molecule has 0 spiro atoms. The molecular formula is C8H9N2NaO3. The Morgan fingerprint density at radius 2 is 2.21 bits per heavy atom. The van der Waals surface area contributed by atoms with Gasteiger partial charge in [-0.1, -0.05) is 0 Å².